The number of aliphatic carboxylic acids is 1. The van der Waals surface area contributed by atoms with Crippen molar-refractivity contribution in [2.75, 3.05) is 13.1 Å². The van der Waals surface area contributed by atoms with Crippen LogP contribution in [0.25, 0.3) is 0 Å². The molecule has 1 fully saturated rings. The van der Waals surface area contributed by atoms with Gasteiger partial charge in [-0.3, -0.25) is 14.7 Å². The third kappa shape index (κ3) is 3.49. The van der Waals surface area contributed by atoms with Gasteiger partial charge in [0.05, 0.1) is 17.7 Å². The Balaban J connectivity index is 1.93. The van der Waals surface area contributed by atoms with Crippen LogP contribution in [0.5, 0.6) is 0 Å². The number of rotatable bonds is 4. The van der Waals surface area contributed by atoms with Crippen LogP contribution in [0.3, 0.4) is 0 Å². The van der Waals surface area contributed by atoms with Crippen LogP contribution >= 0.6 is 0 Å². The average molecular weight is 324 g/mol. The van der Waals surface area contributed by atoms with E-state index in [1.54, 1.807) is 0 Å². The van der Waals surface area contributed by atoms with E-state index in [9.17, 15) is 9.90 Å². The van der Waals surface area contributed by atoms with E-state index in [0.29, 0.717) is 12.8 Å². The Bertz CT molecular complexity index is 704. The molecule has 3 rings (SSSR count). The highest BCUT2D eigenvalue weighted by Gasteiger charge is 2.31. The van der Waals surface area contributed by atoms with E-state index in [1.165, 1.54) is 16.7 Å². The summed E-state index contributed by atoms with van der Waals surface area (Å²) in [5, 5.41) is 9.24. The minimum Gasteiger partial charge on any atom is -0.481 e. The Morgan fingerprint density at radius 1 is 1.17 bits per heavy atom. The van der Waals surface area contributed by atoms with Crippen LogP contribution in [0.1, 0.15) is 41.3 Å². The fourth-order valence-corrected chi connectivity index (χ4v) is 3.48. The lowest BCUT2D eigenvalue weighted by molar-refractivity contribution is -0.143. The van der Waals surface area contributed by atoms with Crippen molar-refractivity contribution in [2.45, 2.75) is 32.7 Å². The number of nitrogens with zero attached hydrogens (tertiary/aromatic N) is 2. The molecule has 0 aliphatic carbocycles. The molecule has 1 aliphatic heterocycles. The van der Waals surface area contributed by atoms with Gasteiger partial charge < -0.3 is 5.11 Å². The maximum atomic E-state index is 11.2. The molecule has 4 heteroatoms. The summed E-state index contributed by atoms with van der Waals surface area (Å²) in [7, 11) is 0. The molecular formula is C20H24N2O2. The molecule has 0 radical (unpaired) electrons. The molecule has 126 valence electrons. The molecule has 4 nitrogen and oxygen atoms in total. The lowest BCUT2D eigenvalue weighted by Crippen LogP contribution is -2.39. The first-order valence-electron chi connectivity index (χ1n) is 8.51. The van der Waals surface area contributed by atoms with E-state index in [0.717, 1.165) is 18.8 Å². The van der Waals surface area contributed by atoms with E-state index in [4.69, 9.17) is 0 Å². The number of hydrogen-bond acceptors (Lipinski definition) is 3. The molecule has 2 heterocycles. The summed E-state index contributed by atoms with van der Waals surface area (Å²) in [6.07, 6.45) is 3.24. The van der Waals surface area contributed by atoms with Crippen molar-refractivity contribution >= 4 is 5.97 Å². The lowest BCUT2D eigenvalue weighted by Gasteiger charge is -2.37. The quantitative estimate of drug-likeness (QED) is 0.934. The molecule has 0 saturated carbocycles. The van der Waals surface area contributed by atoms with E-state index in [-0.39, 0.29) is 12.0 Å². The Morgan fingerprint density at radius 3 is 2.42 bits per heavy atom. The van der Waals surface area contributed by atoms with Crippen LogP contribution in [0.15, 0.2) is 42.6 Å². The Labute approximate surface area is 143 Å². The minimum absolute atomic E-state index is 0.0848. The predicted octanol–water partition coefficient (Wildman–Crippen LogP) is 3.58. The molecule has 1 aromatic carbocycles. The molecule has 1 aromatic heterocycles. The zero-order valence-corrected chi connectivity index (χ0v) is 14.3. The highest BCUT2D eigenvalue weighted by atomic mass is 16.4. The summed E-state index contributed by atoms with van der Waals surface area (Å²) >= 11 is 0. The van der Waals surface area contributed by atoms with E-state index >= 15 is 0 Å². The first-order valence-corrected chi connectivity index (χ1v) is 8.51. The second-order valence-electron chi connectivity index (χ2n) is 6.67. The molecule has 1 aliphatic rings. The molecule has 0 bridgehead atoms. The highest BCUT2D eigenvalue weighted by molar-refractivity contribution is 5.70. The van der Waals surface area contributed by atoms with Crippen molar-refractivity contribution in [3.8, 4) is 0 Å². The monoisotopic (exact) mass is 324 g/mol. The van der Waals surface area contributed by atoms with Gasteiger partial charge in [-0.2, -0.15) is 0 Å². The van der Waals surface area contributed by atoms with E-state index in [1.807, 2.05) is 12.3 Å². The number of carboxylic acids is 1. The van der Waals surface area contributed by atoms with Gasteiger partial charge in [0.15, 0.2) is 0 Å². The standard InChI is InChI=1S/C20H24N2O2/c1-14-5-7-16(8-6-14)19(18-15(2)4-3-11-21-18)22-12-9-17(10-13-22)20(23)24/h3-8,11,17,19H,9-10,12-13H2,1-2H3,(H,23,24). The molecule has 1 unspecified atom stereocenters. The minimum atomic E-state index is -0.671. The Kier molecular flexibility index (Phi) is 4.95. The van der Waals surface area contributed by atoms with Gasteiger partial charge in [-0.25, -0.2) is 0 Å². The first kappa shape index (κ1) is 16.7. The average Bonchev–Trinajstić information content (AvgIpc) is 2.59. The van der Waals surface area contributed by atoms with Gasteiger partial charge in [0.25, 0.3) is 0 Å². The molecular weight excluding hydrogens is 300 g/mol. The largest absolute Gasteiger partial charge is 0.481 e. The third-order valence-electron chi connectivity index (χ3n) is 4.95. The molecule has 24 heavy (non-hydrogen) atoms. The molecule has 1 saturated heterocycles. The normalized spacial score (nSPS) is 17.6. The van der Waals surface area contributed by atoms with Crippen LogP contribution < -0.4 is 0 Å². The van der Waals surface area contributed by atoms with Gasteiger partial charge in [-0.15, -0.1) is 0 Å². The summed E-state index contributed by atoms with van der Waals surface area (Å²) in [6, 6.07) is 12.7. The number of carboxylic acid groups (broad SMARTS) is 1. The maximum absolute atomic E-state index is 11.2. The summed E-state index contributed by atoms with van der Waals surface area (Å²) in [5.74, 6) is -0.889. The predicted molar refractivity (Wildman–Crippen MR) is 93.9 cm³/mol. The summed E-state index contributed by atoms with van der Waals surface area (Å²) < 4.78 is 0. The Morgan fingerprint density at radius 2 is 1.83 bits per heavy atom. The second-order valence-corrected chi connectivity index (χ2v) is 6.67. The van der Waals surface area contributed by atoms with Crippen molar-refractivity contribution in [2.24, 2.45) is 5.92 Å². The zero-order valence-electron chi connectivity index (χ0n) is 14.3. The number of pyridine rings is 1. The number of benzene rings is 1. The topological polar surface area (TPSA) is 53.4 Å². The summed E-state index contributed by atoms with van der Waals surface area (Å²) in [4.78, 5) is 18.3. The molecule has 2 aromatic rings. The van der Waals surface area contributed by atoms with Crippen LogP contribution in [0.2, 0.25) is 0 Å². The number of carbonyl (C=O) groups is 1. The van der Waals surface area contributed by atoms with Gasteiger partial charge in [0.2, 0.25) is 0 Å². The molecule has 0 spiro atoms. The highest BCUT2D eigenvalue weighted by Crippen LogP contribution is 2.33. The van der Waals surface area contributed by atoms with E-state index in [2.05, 4.69) is 54.1 Å². The van der Waals surface area contributed by atoms with Crippen LogP contribution in [-0.4, -0.2) is 34.0 Å². The molecule has 0 amide bonds. The van der Waals surface area contributed by atoms with Gasteiger partial charge in [-0.05, 0) is 57.0 Å². The van der Waals surface area contributed by atoms with Gasteiger partial charge in [0.1, 0.15) is 0 Å². The lowest BCUT2D eigenvalue weighted by atomic mass is 9.92. The zero-order chi connectivity index (χ0) is 17.1. The first-order chi connectivity index (χ1) is 11.6. The number of aryl methyl sites for hydroxylation is 2. The summed E-state index contributed by atoms with van der Waals surface area (Å²) in [6.45, 7) is 5.74. The maximum Gasteiger partial charge on any atom is 0.306 e. The van der Waals surface area contributed by atoms with Crippen LogP contribution in [-0.2, 0) is 4.79 Å². The SMILES string of the molecule is Cc1ccc(C(c2ncccc2C)N2CCC(C(=O)O)CC2)cc1. The van der Waals surface area contributed by atoms with E-state index < -0.39 is 5.97 Å². The molecule has 1 atom stereocenters. The number of hydrogen-bond donors (Lipinski definition) is 1. The number of likely N-dealkylation sites (tertiary alicyclic amines) is 1. The van der Waals surface area contributed by atoms with Crippen molar-refractivity contribution in [3.05, 3.63) is 65.0 Å². The van der Waals surface area contributed by atoms with Crippen molar-refractivity contribution in [1.82, 2.24) is 9.88 Å². The van der Waals surface area contributed by atoms with Gasteiger partial charge >= 0.3 is 5.97 Å². The number of aromatic nitrogens is 1. The van der Waals surface area contributed by atoms with Crippen molar-refractivity contribution < 1.29 is 9.90 Å². The van der Waals surface area contributed by atoms with Crippen LogP contribution in [0, 0.1) is 19.8 Å². The smallest absolute Gasteiger partial charge is 0.306 e. The Hall–Kier alpha value is -2.20. The second kappa shape index (κ2) is 7.14. The number of piperidine rings is 1. The van der Waals surface area contributed by atoms with Crippen LogP contribution in [0.4, 0.5) is 0 Å². The van der Waals surface area contributed by atoms with Gasteiger partial charge in [-0.1, -0.05) is 35.9 Å². The third-order valence-corrected chi connectivity index (χ3v) is 4.95. The molecule has 1 N–H and O–H groups in total. The fourth-order valence-electron chi connectivity index (χ4n) is 3.48. The fraction of sp³-hybridized carbons (Fsp3) is 0.400. The van der Waals surface area contributed by atoms with Crippen molar-refractivity contribution in [3.63, 3.8) is 0 Å². The summed E-state index contributed by atoms with van der Waals surface area (Å²) in [5.41, 5.74) is 4.69. The van der Waals surface area contributed by atoms with Crippen molar-refractivity contribution in [1.29, 1.82) is 0 Å². The van der Waals surface area contributed by atoms with Gasteiger partial charge in [0, 0.05) is 6.20 Å².